The van der Waals surface area contributed by atoms with Gasteiger partial charge in [0, 0.05) is 45.3 Å². The molecule has 0 aromatic heterocycles. The third-order valence-electron chi connectivity index (χ3n) is 5.58. The summed E-state index contributed by atoms with van der Waals surface area (Å²) in [5, 5.41) is 6.95. The maximum atomic E-state index is 12.2. The molecular formula is C21H33N5O2. The average Bonchev–Trinajstić information content (AvgIpc) is 3.06. The summed E-state index contributed by atoms with van der Waals surface area (Å²) in [6, 6.07) is 8.67. The number of rotatable bonds is 6. The van der Waals surface area contributed by atoms with Gasteiger partial charge in [0.05, 0.1) is 5.69 Å². The molecule has 1 amide bonds. The predicted octanol–water partition coefficient (Wildman–Crippen LogP) is 1.70. The molecule has 2 aliphatic heterocycles. The first-order valence-corrected chi connectivity index (χ1v) is 10.2. The summed E-state index contributed by atoms with van der Waals surface area (Å²) in [4.78, 5) is 20.9. The van der Waals surface area contributed by atoms with Crippen molar-refractivity contribution in [2.75, 3.05) is 44.7 Å². The molecule has 0 aliphatic carbocycles. The third-order valence-corrected chi connectivity index (χ3v) is 5.58. The molecule has 3 rings (SSSR count). The number of guanidine groups is 1. The molecular weight excluding hydrogens is 354 g/mol. The van der Waals surface area contributed by atoms with Crippen molar-refractivity contribution in [2.24, 2.45) is 10.9 Å². The summed E-state index contributed by atoms with van der Waals surface area (Å²) in [6.45, 7) is 10.4. The lowest BCUT2D eigenvalue weighted by molar-refractivity contribution is -0.121. The van der Waals surface area contributed by atoms with E-state index in [1.807, 2.05) is 29.2 Å². The van der Waals surface area contributed by atoms with E-state index in [1.165, 1.54) is 0 Å². The zero-order chi connectivity index (χ0) is 20.1. The van der Waals surface area contributed by atoms with Gasteiger partial charge in [0.25, 0.3) is 5.91 Å². The van der Waals surface area contributed by atoms with E-state index in [0.29, 0.717) is 24.5 Å². The van der Waals surface area contributed by atoms with Gasteiger partial charge in [0.1, 0.15) is 5.75 Å². The van der Waals surface area contributed by atoms with Crippen LogP contribution in [0.25, 0.3) is 0 Å². The lowest BCUT2D eigenvalue weighted by Gasteiger charge is -2.29. The average molecular weight is 388 g/mol. The van der Waals surface area contributed by atoms with Gasteiger partial charge in [-0.3, -0.25) is 14.7 Å². The lowest BCUT2D eigenvalue weighted by Crippen LogP contribution is -2.47. The molecule has 1 aromatic rings. The van der Waals surface area contributed by atoms with Gasteiger partial charge >= 0.3 is 0 Å². The standard InChI is InChI=1S/C21H33N5O2/c1-15(2)25-12-16(3)17(13-25)24-21(22-4)23-10-7-11-26-18-8-5-6-9-19(18)28-14-20(26)27/h5-6,8-9,15-17H,7,10-14H2,1-4H3,(H2,22,23,24). The van der Waals surface area contributed by atoms with Crippen LogP contribution in [0.1, 0.15) is 27.2 Å². The van der Waals surface area contributed by atoms with Crippen LogP contribution in [-0.4, -0.2) is 68.7 Å². The summed E-state index contributed by atoms with van der Waals surface area (Å²) in [5.41, 5.74) is 0.856. The molecule has 1 saturated heterocycles. The molecule has 2 N–H and O–H groups in total. The van der Waals surface area contributed by atoms with E-state index in [1.54, 1.807) is 7.05 Å². The second kappa shape index (κ2) is 9.28. The molecule has 7 heteroatoms. The molecule has 2 unspecified atom stereocenters. The van der Waals surface area contributed by atoms with Crippen molar-refractivity contribution in [1.29, 1.82) is 0 Å². The maximum Gasteiger partial charge on any atom is 0.265 e. The largest absolute Gasteiger partial charge is 0.482 e. The van der Waals surface area contributed by atoms with Crippen molar-refractivity contribution in [3.05, 3.63) is 24.3 Å². The summed E-state index contributed by atoms with van der Waals surface area (Å²) in [7, 11) is 1.80. The van der Waals surface area contributed by atoms with Crippen molar-refractivity contribution >= 4 is 17.6 Å². The molecule has 2 aliphatic rings. The Labute approximate surface area is 168 Å². The molecule has 0 saturated carbocycles. The predicted molar refractivity (Wildman–Crippen MR) is 113 cm³/mol. The number of para-hydroxylation sites is 2. The second-order valence-corrected chi connectivity index (χ2v) is 7.93. The lowest BCUT2D eigenvalue weighted by atomic mass is 10.1. The molecule has 0 bridgehead atoms. The zero-order valence-corrected chi connectivity index (χ0v) is 17.4. The van der Waals surface area contributed by atoms with Crippen molar-refractivity contribution in [1.82, 2.24) is 15.5 Å². The number of hydrogen-bond donors (Lipinski definition) is 2. The smallest absolute Gasteiger partial charge is 0.265 e. The molecule has 1 aromatic carbocycles. The molecule has 2 heterocycles. The highest BCUT2D eigenvalue weighted by molar-refractivity contribution is 5.97. The van der Waals surface area contributed by atoms with E-state index in [0.717, 1.165) is 43.5 Å². The number of anilines is 1. The van der Waals surface area contributed by atoms with Crippen LogP contribution in [0.2, 0.25) is 0 Å². The van der Waals surface area contributed by atoms with Gasteiger partial charge in [-0.1, -0.05) is 19.1 Å². The summed E-state index contributed by atoms with van der Waals surface area (Å²) in [6.07, 6.45) is 0.832. The fraction of sp³-hybridized carbons (Fsp3) is 0.619. The van der Waals surface area contributed by atoms with Gasteiger partial charge in [-0.15, -0.1) is 0 Å². The van der Waals surface area contributed by atoms with Crippen molar-refractivity contribution in [3.8, 4) is 5.75 Å². The number of amides is 1. The van der Waals surface area contributed by atoms with Gasteiger partial charge in [-0.05, 0) is 38.3 Å². The minimum atomic E-state index is 0.00904. The Kier molecular flexibility index (Phi) is 6.78. The number of benzene rings is 1. The van der Waals surface area contributed by atoms with Crippen LogP contribution in [0.3, 0.4) is 0 Å². The van der Waals surface area contributed by atoms with Crippen LogP contribution in [0.5, 0.6) is 5.75 Å². The van der Waals surface area contributed by atoms with Crippen molar-refractivity contribution in [3.63, 3.8) is 0 Å². The van der Waals surface area contributed by atoms with Crippen LogP contribution in [0, 0.1) is 5.92 Å². The SMILES string of the molecule is CN=C(NCCCN1C(=O)COc2ccccc21)NC1CN(C(C)C)CC1C. The van der Waals surface area contributed by atoms with Gasteiger partial charge in [-0.25, -0.2) is 0 Å². The molecule has 0 spiro atoms. The zero-order valence-electron chi connectivity index (χ0n) is 17.4. The van der Waals surface area contributed by atoms with Gasteiger partial charge < -0.3 is 20.3 Å². The summed E-state index contributed by atoms with van der Waals surface area (Å²) < 4.78 is 5.50. The minimum absolute atomic E-state index is 0.00904. The Morgan fingerprint density at radius 3 is 2.82 bits per heavy atom. The Balaban J connectivity index is 1.46. The first kappa shape index (κ1) is 20.5. The highest BCUT2D eigenvalue weighted by Gasteiger charge is 2.31. The molecule has 1 fully saturated rings. The Bertz CT molecular complexity index is 706. The number of nitrogens with zero attached hydrogens (tertiary/aromatic N) is 3. The number of likely N-dealkylation sites (tertiary alicyclic amines) is 1. The van der Waals surface area contributed by atoms with Gasteiger partial charge in [-0.2, -0.15) is 0 Å². The minimum Gasteiger partial charge on any atom is -0.482 e. The fourth-order valence-electron chi connectivity index (χ4n) is 3.83. The number of ether oxygens (including phenoxy) is 1. The normalized spacial score (nSPS) is 23.0. The van der Waals surface area contributed by atoms with Gasteiger partial charge in [0.2, 0.25) is 0 Å². The number of aliphatic imine (C=N–C) groups is 1. The molecule has 28 heavy (non-hydrogen) atoms. The topological polar surface area (TPSA) is 69.2 Å². The number of carbonyl (C=O) groups excluding carboxylic acids is 1. The summed E-state index contributed by atoms with van der Waals surface area (Å²) >= 11 is 0. The molecule has 7 nitrogen and oxygen atoms in total. The van der Waals surface area contributed by atoms with Crippen molar-refractivity contribution in [2.45, 2.75) is 39.3 Å². The second-order valence-electron chi connectivity index (χ2n) is 7.93. The van der Waals surface area contributed by atoms with E-state index < -0.39 is 0 Å². The Morgan fingerprint density at radius 2 is 2.11 bits per heavy atom. The van der Waals surface area contributed by atoms with E-state index in [-0.39, 0.29) is 12.5 Å². The maximum absolute atomic E-state index is 12.2. The van der Waals surface area contributed by atoms with Crippen LogP contribution in [-0.2, 0) is 4.79 Å². The first-order chi connectivity index (χ1) is 13.5. The van der Waals surface area contributed by atoms with Crippen LogP contribution in [0.15, 0.2) is 29.3 Å². The third kappa shape index (κ3) is 4.76. The number of nitrogens with one attached hydrogen (secondary N) is 2. The molecule has 0 radical (unpaired) electrons. The summed E-state index contributed by atoms with van der Waals surface area (Å²) in [5.74, 6) is 2.20. The van der Waals surface area contributed by atoms with Gasteiger partial charge in [0.15, 0.2) is 12.6 Å². The van der Waals surface area contributed by atoms with E-state index >= 15 is 0 Å². The monoisotopic (exact) mass is 387 g/mol. The first-order valence-electron chi connectivity index (χ1n) is 10.2. The highest BCUT2D eigenvalue weighted by Crippen LogP contribution is 2.31. The van der Waals surface area contributed by atoms with E-state index in [4.69, 9.17) is 4.74 Å². The van der Waals surface area contributed by atoms with E-state index in [2.05, 4.69) is 41.3 Å². The number of hydrogen-bond acceptors (Lipinski definition) is 4. The molecule has 2 atom stereocenters. The quantitative estimate of drug-likeness (QED) is 0.442. The molecule has 154 valence electrons. The number of fused-ring (bicyclic) bond motifs is 1. The van der Waals surface area contributed by atoms with E-state index in [9.17, 15) is 4.79 Å². The number of carbonyl (C=O) groups is 1. The van der Waals surface area contributed by atoms with Crippen LogP contribution in [0.4, 0.5) is 5.69 Å². The van der Waals surface area contributed by atoms with Crippen LogP contribution < -0.4 is 20.3 Å². The fourth-order valence-corrected chi connectivity index (χ4v) is 3.83. The highest BCUT2D eigenvalue weighted by atomic mass is 16.5. The Morgan fingerprint density at radius 1 is 1.32 bits per heavy atom. The van der Waals surface area contributed by atoms with Crippen molar-refractivity contribution < 1.29 is 9.53 Å². The van der Waals surface area contributed by atoms with Crippen LogP contribution >= 0.6 is 0 Å². The Hall–Kier alpha value is -2.28.